The molecule has 0 fully saturated rings. The van der Waals surface area contributed by atoms with E-state index in [-0.39, 0.29) is 0 Å². The molecular formula is C12H9N3OS. The van der Waals surface area contributed by atoms with E-state index < -0.39 is 0 Å². The number of ether oxygens (including phenoxy) is 1. The Hall–Kier alpha value is -2.06. The second kappa shape index (κ2) is 5.32. The summed E-state index contributed by atoms with van der Waals surface area (Å²) in [6, 6.07) is 11.2. The van der Waals surface area contributed by atoms with Crippen LogP contribution in [-0.2, 0) is 0 Å². The predicted molar refractivity (Wildman–Crippen MR) is 63.9 cm³/mol. The number of rotatable bonds is 3. The summed E-state index contributed by atoms with van der Waals surface area (Å²) in [5.41, 5.74) is 0.366. The zero-order chi connectivity index (χ0) is 12.1. The van der Waals surface area contributed by atoms with Crippen molar-refractivity contribution in [1.82, 2.24) is 9.97 Å². The van der Waals surface area contributed by atoms with Crippen LogP contribution in [0.15, 0.2) is 46.6 Å². The predicted octanol–water partition coefficient (Wildman–Crippen LogP) is 2.51. The quantitative estimate of drug-likeness (QED) is 0.775. The van der Waals surface area contributed by atoms with Crippen LogP contribution in [0.1, 0.15) is 5.69 Å². The van der Waals surface area contributed by atoms with Crippen LogP contribution in [-0.4, -0.2) is 17.1 Å². The molecule has 0 amide bonds. The van der Waals surface area contributed by atoms with Gasteiger partial charge < -0.3 is 4.74 Å². The average molecular weight is 243 g/mol. The lowest BCUT2D eigenvalue weighted by molar-refractivity contribution is 0.413. The van der Waals surface area contributed by atoms with Crippen molar-refractivity contribution in [3.8, 4) is 11.8 Å². The Morgan fingerprint density at radius 1 is 1.35 bits per heavy atom. The van der Waals surface area contributed by atoms with E-state index in [1.54, 1.807) is 19.4 Å². The normalized spacial score (nSPS) is 9.65. The fourth-order valence-corrected chi connectivity index (χ4v) is 2.01. The van der Waals surface area contributed by atoms with Crippen molar-refractivity contribution < 1.29 is 4.74 Å². The lowest BCUT2D eigenvalue weighted by Crippen LogP contribution is -1.89. The standard InChI is InChI=1S/C12H9N3OS/c1-16-10-3-2-4-11(7-10)17-12-14-6-5-9(8-13)15-12/h2-7H,1H3. The Kier molecular flexibility index (Phi) is 3.58. The molecule has 1 aromatic heterocycles. The van der Waals surface area contributed by atoms with Crippen LogP contribution in [0.5, 0.6) is 5.75 Å². The highest BCUT2D eigenvalue weighted by Gasteiger charge is 2.02. The zero-order valence-corrected chi connectivity index (χ0v) is 9.94. The molecule has 1 heterocycles. The summed E-state index contributed by atoms with van der Waals surface area (Å²) >= 11 is 1.39. The van der Waals surface area contributed by atoms with Gasteiger partial charge in [-0.05, 0) is 36.0 Å². The zero-order valence-electron chi connectivity index (χ0n) is 9.12. The lowest BCUT2D eigenvalue weighted by atomic mass is 10.3. The van der Waals surface area contributed by atoms with Crippen molar-refractivity contribution in [2.75, 3.05) is 7.11 Å². The summed E-state index contributed by atoms with van der Waals surface area (Å²) < 4.78 is 5.13. The Morgan fingerprint density at radius 3 is 3.00 bits per heavy atom. The van der Waals surface area contributed by atoms with Gasteiger partial charge in [0.1, 0.15) is 17.5 Å². The molecule has 84 valence electrons. The number of nitriles is 1. The number of benzene rings is 1. The summed E-state index contributed by atoms with van der Waals surface area (Å²) in [4.78, 5) is 9.16. The molecule has 0 aliphatic heterocycles. The summed E-state index contributed by atoms with van der Waals surface area (Å²) in [5.74, 6) is 0.784. The third-order valence-electron chi connectivity index (χ3n) is 2.00. The monoisotopic (exact) mass is 243 g/mol. The summed E-state index contributed by atoms with van der Waals surface area (Å²) in [5, 5.41) is 9.29. The van der Waals surface area contributed by atoms with Crippen LogP contribution in [0.3, 0.4) is 0 Å². The summed E-state index contributed by atoms with van der Waals surface area (Å²) in [7, 11) is 1.62. The first-order valence-electron chi connectivity index (χ1n) is 4.87. The maximum atomic E-state index is 8.74. The van der Waals surface area contributed by atoms with Crippen molar-refractivity contribution in [1.29, 1.82) is 5.26 Å². The van der Waals surface area contributed by atoms with Crippen LogP contribution in [0.2, 0.25) is 0 Å². The van der Waals surface area contributed by atoms with E-state index in [0.29, 0.717) is 10.9 Å². The van der Waals surface area contributed by atoms with E-state index in [0.717, 1.165) is 10.6 Å². The average Bonchev–Trinajstić information content (AvgIpc) is 2.39. The van der Waals surface area contributed by atoms with Crippen LogP contribution in [0.25, 0.3) is 0 Å². The molecule has 0 atom stereocenters. The maximum Gasteiger partial charge on any atom is 0.193 e. The minimum absolute atomic E-state index is 0.366. The number of aromatic nitrogens is 2. The molecule has 1 aromatic carbocycles. The second-order valence-electron chi connectivity index (χ2n) is 3.12. The molecule has 0 unspecified atom stereocenters. The van der Waals surface area contributed by atoms with Crippen molar-refractivity contribution in [2.24, 2.45) is 0 Å². The number of hydrogen-bond donors (Lipinski definition) is 0. The van der Waals surface area contributed by atoms with Gasteiger partial charge in [0, 0.05) is 11.1 Å². The molecule has 2 rings (SSSR count). The summed E-state index contributed by atoms with van der Waals surface area (Å²) in [6.07, 6.45) is 1.58. The van der Waals surface area contributed by atoms with E-state index in [1.807, 2.05) is 30.3 Å². The van der Waals surface area contributed by atoms with Gasteiger partial charge >= 0.3 is 0 Å². The van der Waals surface area contributed by atoms with Crippen molar-refractivity contribution in [3.05, 3.63) is 42.2 Å². The Balaban J connectivity index is 2.22. The molecule has 2 aromatic rings. The smallest absolute Gasteiger partial charge is 0.193 e. The van der Waals surface area contributed by atoms with E-state index >= 15 is 0 Å². The second-order valence-corrected chi connectivity index (χ2v) is 4.16. The van der Waals surface area contributed by atoms with Crippen LogP contribution in [0, 0.1) is 11.3 Å². The Labute approximate surface area is 103 Å². The van der Waals surface area contributed by atoms with E-state index in [9.17, 15) is 0 Å². The third kappa shape index (κ3) is 2.95. The number of hydrogen-bond acceptors (Lipinski definition) is 5. The topological polar surface area (TPSA) is 58.8 Å². The highest BCUT2D eigenvalue weighted by atomic mass is 32.2. The van der Waals surface area contributed by atoms with E-state index in [4.69, 9.17) is 10.00 Å². The minimum Gasteiger partial charge on any atom is -0.497 e. The van der Waals surface area contributed by atoms with Crippen LogP contribution < -0.4 is 4.74 Å². The molecule has 0 aliphatic rings. The summed E-state index contributed by atoms with van der Waals surface area (Å²) in [6.45, 7) is 0. The molecule has 5 heteroatoms. The lowest BCUT2D eigenvalue weighted by Gasteiger charge is -2.03. The molecule has 0 N–H and O–H groups in total. The SMILES string of the molecule is COc1cccc(Sc2nccc(C#N)n2)c1. The molecule has 0 bridgehead atoms. The van der Waals surface area contributed by atoms with Gasteiger partial charge in [0.05, 0.1) is 7.11 Å². The molecule has 0 saturated heterocycles. The Morgan fingerprint density at radius 2 is 2.24 bits per heavy atom. The van der Waals surface area contributed by atoms with Gasteiger partial charge in [-0.3, -0.25) is 0 Å². The first kappa shape index (κ1) is 11.4. The van der Waals surface area contributed by atoms with E-state index in [2.05, 4.69) is 9.97 Å². The third-order valence-corrected chi connectivity index (χ3v) is 2.87. The van der Waals surface area contributed by atoms with Gasteiger partial charge in [0.2, 0.25) is 0 Å². The van der Waals surface area contributed by atoms with Crippen LogP contribution in [0.4, 0.5) is 0 Å². The van der Waals surface area contributed by atoms with Gasteiger partial charge in [0.25, 0.3) is 0 Å². The first-order chi connectivity index (χ1) is 8.31. The van der Waals surface area contributed by atoms with E-state index in [1.165, 1.54) is 11.8 Å². The molecule has 0 spiro atoms. The van der Waals surface area contributed by atoms with Crippen molar-refractivity contribution in [2.45, 2.75) is 10.1 Å². The molecule has 0 aliphatic carbocycles. The molecule has 4 nitrogen and oxygen atoms in total. The Bertz CT molecular complexity index is 566. The van der Waals surface area contributed by atoms with Gasteiger partial charge in [-0.2, -0.15) is 5.26 Å². The fourth-order valence-electron chi connectivity index (χ4n) is 1.22. The van der Waals surface area contributed by atoms with Crippen LogP contribution >= 0.6 is 11.8 Å². The largest absolute Gasteiger partial charge is 0.497 e. The van der Waals surface area contributed by atoms with Gasteiger partial charge in [-0.25, -0.2) is 9.97 Å². The van der Waals surface area contributed by atoms with Crippen molar-refractivity contribution in [3.63, 3.8) is 0 Å². The highest BCUT2D eigenvalue weighted by molar-refractivity contribution is 7.99. The van der Waals surface area contributed by atoms with Gasteiger partial charge in [-0.1, -0.05) is 6.07 Å². The molecule has 0 radical (unpaired) electrons. The van der Waals surface area contributed by atoms with Gasteiger partial charge in [-0.15, -0.1) is 0 Å². The number of methoxy groups -OCH3 is 1. The van der Waals surface area contributed by atoms with Gasteiger partial charge in [0.15, 0.2) is 5.16 Å². The maximum absolute atomic E-state index is 8.74. The number of nitrogens with zero attached hydrogens (tertiary/aromatic N) is 3. The molecule has 17 heavy (non-hydrogen) atoms. The molecular weight excluding hydrogens is 234 g/mol. The molecule has 0 saturated carbocycles. The highest BCUT2D eigenvalue weighted by Crippen LogP contribution is 2.27. The van der Waals surface area contributed by atoms with Crippen molar-refractivity contribution >= 4 is 11.8 Å². The minimum atomic E-state index is 0.366. The first-order valence-corrected chi connectivity index (χ1v) is 5.68. The fraction of sp³-hybridized carbons (Fsp3) is 0.0833.